The first-order chi connectivity index (χ1) is 8.65. The lowest BCUT2D eigenvalue weighted by molar-refractivity contribution is 0.0925. The summed E-state index contributed by atoms with van der Waals surface area (Å²) in [6.07, 6.45) is 4.52. The molecule has 96 valence electrons. The summed E-state index contributed by atoms with van der Waals surface area (Å²) in [6.45, 7) is 2.61. The summed E-state index contributed by atoms with van der Waals surface area (Å²) in [7, 11) is 0. The lowest BCUT2D eigenvalue weighted by Gasteiger charge is -2.14. The van der Waals surface area contributed by atoms with Gasteiger partial charge in [0.2, 0.25) is 0 Å². The van der Waals surface area contributed by atoms with Gasteiger partial charge in [-0.1, -0.05) is 17.7 Å². The van der Waals surface area contributed by atoms with Gasteiger partial charge >= 0.3 is 0 Å². The molecule has 0 unspecified atom stereocenters. The van der Waals surface area contributed by atoms with Crippen LogP contribution in [0, 0.1) is 6.92 Å². The molecule has 0 radical (unpaired) electrons. The van der Waals surface area contributed by atoms with Crippen LogP contribution in [-0.4, -0.2) is 27.4 Å². The molecule has 1 N–H and O–H groups in total. The predicted molar refractivity (Wildman–Crippen MR) is 69.9 cm³/mol. The summed E-state index contributed by atoms with van der Waals surface area (Å²) in [5, 5.41) is 10.4. The number of benzene rings is 1. The Morgan fingerprint density at radius 1 is 1.50 bits per heavy atom. The number of aromatic nitrogens is 2. The fourth-order valence-electron chi connectivity index (χ4n) is 1.60. The van der Waals surface area contributed by atoms with Crippen molar-refractivity contribution in [2.24, 2.45) is 0 Å². The Morgan fingerprint density at radius 3 is 3.06 bits per heavy atom. The van der Waals surface area contributed by atoms with Gasteiger partial charge in [0.1, 0.15) is 18.5 Å². The molecule has 0 bridgehead atoms. The molecule has 18 heavy (non-hydrogen) atoms. The van der Waals surface area contributed by atoms with Crippen LogP contribution in [0.25, 0.3) is 0 Å². The molecule has 1 aromatic heterocycles. The van der Waals surface area contributed by atoms with Gasteiger partial charge in [0.15, 0.2) is 0 Å². The van der Waals surface area contributed by atoms with Gasteiger partial charge in [0, 0.05) is 12.4 Å². The topological polar surface area (TPSA) is 47.3 Å². The molecule has 0 aliphatic heterocycles. The third-order valence-corrected chi connectivity index (χ3v) is 2.81. The number of ether oxygens (including phenoxy) is 1. The highest BCUT2D eigenvalue weighted by Crippen LogP contribution is 2.25. The molecule has 0 fully saturated rings. The molecular formula is C13H15ClN2O2. The fraction of sp³-hybridized carbons (Fsp3) is 0.308. The SMILES string of the molecule is Cc1ccc(Cl)c(OC[C@@H](O)Cn2ccnc2)c1. The van der Waals surface area contributed by atoms with E-state index in [2.05, 4.69) is 4.98 Å². The second-order valence-electron chi connectivity index (χ2n) is 4.16. The molecule has 5 heteroatoms. The van der Waals surface area contributed by atoms with Crippen molar-refractivity contribution < 1.29 is 9.84 Å². The number of aryl methyl sites for hydroxylation is 1. The van der Waals surface area contributed by atoms with Crippen molar-refractivity contribution in [2.45, 2.75) is 19.6 Å². The van der Waals surface area contributed by atoms with Crippen LogP contribution in [0.3, 0.4) is 0 Å². The van der Waals surface area contributed by atoms with E-state index >= 15 is 0 Å². The van der Waals surface area contributed by atoms with Crippen LogP contribution in [0.15, 0.2) is 36.9 Å². The van der Waals surface area contributed by atoms with E-state index in [-0.39, 0.29) is 6.61 Å². The Kier molecular flexibility index (Phi) is 4.23. The van der Waals surface area contributed by atoms with Crippen LogP contribution in [-0.2, 0) is 6.54 Å². The molecule has 2 aromatic rings. The lowest BCUT2D eigenvalue weighted by Crippen LogP contribution is -2.23. The molecule has 0 saturated carbocycles. The molecule has 1 heterocycles. The summed E-state index contributed by atoms with van der Waals surface area (Å²) in [4.78, 5) is 3.91. The van der Waals surface area contributed by atoms with Gasteiger partial charge in [-0.2, -0.15) is 0 Å². The quantitative estimate of drug-likeness (QED) is 0.903. The van der Waals surface area contributed by atoms with Gasteiger partial charge in [-0.15, -0.1) is 0 Å². The Balaban J connectivity index is 1.89. The Morgan fingerprint density at radius 2 is 2.33 bits per heavy atom. The Labute approximate surface area is 111 Å². The van der Waals surface area contributed by atoms with Crippen LogP contribution >= 0.6 is 11.6 Å². The van der Waals surface area contributed by atoms with E-state index in [0.29, 0.717) is 17.3 Å². The van der Waals surface area contributed by atoms with Crippen molar-refractivity contribution in [3.05, 3.63) is 47.5 Å². The van der Waals surface area contributed by atoms with Gasteiger partial charge in [-0.3, -0.25) is 0 Å². The van der Waals surface area contributed by atoms with E-state index in [9.17, 15) is 5.11 Å². The molecular weight excluding hydrogens is 252 g/mol. The summed E-state index contributed by atoms with van der Waals surface area (Å²) < 4.78 is 7.31. The number of hydrogen-bond acceptors (Lipinski definition) is 3. The minimum Gasteiger partial charge on any atom is -0.489 e. The summed E-state index contributed by atoms with van der Waals surface area (Å²) in [5.74, 6) is 0.598. The highest BCUT2D eigenvalue weighted by Gasteiger charge is 2.08. The molecule has 0 spiro atoms. The molecule has 0 saturated heterocycles. The van der Waals surface area contributed by atoms with Crippen molar-refractivity contribution in [1.82, 2.24) is 9.55 Å². The van der Waals surface area contributed by atoms with E-state index in [1.807, 2.05) is 19.1 Å². The number of halogens is 1. The first kappa shape index (κ1) is 12.9. The zero-order valence-corrected chi connectivity index (χ0v) is 10.8. The second kappa shape index (κ2) is 5.89. The third kappa shape index (κ3) is 3.48. The smallest absolute Gasteiger partial charge is 0.138 e. The van der Waals surface area contributed by atoms with Gasteiger partial charge in [-0.05, 0) is 24.6 Å². The van der Waals surface area contributed by atoms with Crippen molar-refractivity contribution >= 4 is 11.6 Å². The summed E-state index contributed by atoms with van der Waals surface area (Å²) >= 11 is 6.00. The normalized spacial score (nSPS) is 12.4. The standard InChI is InChI=1S/C13H15ClN2O2/c1-10-2-3-12(14)13(6-10)18-8-11(17)7-16-5-4-15-9-16/h2-6,9,11,17H,7-8H2,1H3/t11-/m0/s1. The molecule has 2 rings (SSSR count). The van der Waals surface area contributed by atoms with Crippen molar-refractivity contribution in [3.63, 3.8) is 0 Å². The maximum atomic E-state index is 9.83. The zero-order chi connectivity index (χ0) is 13.0. The van der Waals surface area contributed by atoms with E-state index in [4.69, 9.17) is 16.3 Å². The summed E-state index contributed by atoms with van der Waals surface area (Å²) in [6, 6.07) is 5.55. The molecule has 0 aliphatic rings. The van der Waals surface area contributed by atoms with Crippen LogP contribution in [0.5, 0.6) is 5.75 Å². The third-order valence-electron chi connectivity index (χ3n) is 2.50. The van der Waals surface area contributed by atoms with Gasteiger partial charge in [-0.25, -0.2) is 4.98 Å². The number of imidazole rings is 1. The van der Waals surface area contributed by atoms with Crippen LogP contribution < -0.4 is 4.74 Å². The Bertz CT molecular complexity index is 500. The van der Waals surface area contributed by atoms with Gasteiger partial charge in [0.25, 0.3) is 0 Å². The van der Waals surface area contributed by atoms with Crippen LogP contribution in [0.1, 0.15) is 5.56 Å². The van der Waals surface area contributed by atoms with Crippen molar-refractivity contribution in [2.75, 3.05) is 6.61 Å². The van der Waals surface area contributed by atoms with Gasteiger partial charge in [0.05, 0.1) is 17.9 Å². The average molecular weight is 267 g/mol. The van der Waals surface area contributed by atoms with Crippen molar-refractivity contribution in [3.8, 4) is 5.75 Å². The van der Waals surface area contributed by atoms with Gasteiger partial charge < -0.3 is 14.4 Å². The number of aliphatic hydroxyl groups excluding tert-OH is 1. The first-order valence-electron chi connectivity index (χ1n) is 5.68. The molecule has 4 nitrogen and oxygen atoms in total. The number of hydrogen-bond donors (Lipinski definition) is 1. The largest absolute Gasteiger partial charge is 0.489 e. The number of nitrogens with zero attached hydrogens (tertiary/aromatic N) is 2. The average Bonchev–Trinajstić information content (AvgIpc) is 2.83. The zero-order valence-electron chi connectivity index (χ0n) is 10.1. The highest BCUT2D eigenvalue weighted by molar-refractivity contribution is 6.32. The van der Waals surface area contributed by atoms with E-state index in [1.54, 1.807) is 29.4 Å². The summed E-state index contributed by atoms with van der Waals surface area (Å²) in [5.41, 5.74) is 1.07. The van der Waals surface area contributed by atoms with Crippen molar-refractivity contribution in [1.29, 1.82) is 0 Å². The van der Waals surface area contributed by atoms with Crippen LogP contribution in [0.2, 0.25) is 5.02 Å². The maximum Gasteiger partial charge on any atom is 0.138 e. The molecule has 1 aromatic carbocycles. The fourth-order valence-corrected chi connectivity index (χ4v) is 1.77. The Hall–Kier alpha value is -1.52. The van der Waals surface area contributed by atoms with E-state index in [0.717, 1.165) is 5.56 Å². The predicted octanol–water partition coefficient (Wildman–Crippen LogP) is 2.28. The molecule has 0 aliphatic carbocycles. The molecule has 0 amide bonds. The van der Waals surface area contributed by atoms with E-state index < -0.39 is 6.10 Å². The number of rotatable bonds is 5. The highest BCUT2D eigenvalue weighted by atomic mass is 35.5. The number of aliphatic hydroxyl groups is 1. The minimum atomic E-state index is -0.601. The van der Waals surface area contributed by atoms with E-state index in [1.165, 1.54) is 0 Å². The van der Waals surface area contributed by atoms with Crippen LogP contribution in [0.4, 0.5) is 0 Å². The second-order valence-corrected chi connectivity index (χ2v) is 4.57. The molecule has 1 atom stereocenters. The maximum absolute atomic E-state index is 9.83. The monoisotopic (exact) mass is 266 g/mol. The lowest BCUT2D eigenvalue weighted by atomic mass is 10.2. The first-order valence-corrected chi connectivity index (χ1v) is 6.05. The minimum absolute atomic E-state index is 0.196.